The monoisotopic (exact) mass is 249 g/mol. The summed E-state index contributed by atoms with van der Waals surface area (Å²) >= 11 is 0. The first-order valence-corrected chi connectivity index (χ1v) is 7.26. The molecule has 1 aromatic heterocycles. The van der Waals surface area contributed by atoms with Gasteiger partial charge in [-0.1, -0.05) is 0 Å². The van der Waals surface area contributed by atoms with E-state index in [0.717, 1.165) is 25.8 Å². The zero-order chi connectivity index (χ0) is 12.4. The van der Waals surface area contributed by atoms with Gasteiger partial charge in [0.05, 0.1) is 12.6 Å². The van der Waals surface area contributed by atoms with E-state index in [1.807, 2.05) is 6.20 Å². The smallest absolute Gasteiger partial charge is 0.110 e. The summed E-state index contributed by atoms with van der Waals surface area (Å²) in [4.78, 5) is 7.11. The Balaban J connectivity index is 1.70. The molecule has 3 heterocycles. The fourth-order valence-electron chi connectivity index (χ4n) is 3.34. The molecule has 0 aliphatic carbocycles. The molecule has 0 radical (unpaired) electrons. The highest BCUT2D eigenvalue weighted by atomic mass is 16.3. The third-order valence-electron chi connectivity index (χ3n) is 4.35. The predicted octanol–water partition coefficient (Wildman–Crippen LogP) is 1.39. The van der Waals surface area contributed by atoms with Crippen molar-refractivity contribution in [1.29, 1.82) is 0 Å². The predicted molar refractivity (Wildman–Crippen MR) is 70.7 cm³/mol. The van der Waals surface area contributed by atoms with Gasteiger partial charge in [-0.2, -0.15) is 0 Å². The third kappa shape index (κ3) is 2.31. The molecular weight excluding hydrogens is 226 g/mol. The summed E-state index contributed by atoms with van der Waals surface area (Å²) in [7, 11) is 0. The van der Waals surface area contributed by atoms with E-state index in [0.29, 0.717) is 0 Å². The van der Waals surface area contributed by atoms with Gasteiger partial charge in [0.25, 0.3) is 0 Å². The molecule has 1 unspecified atom stereocenters. The van der Waals surface area contributed by atoms with Crippen LogP contribution in [0.2, 0.25) is 0 Å². The van der Waals surface area contributed by atoms with Crippen molar-refractivity contribution < 1.29 is 5.11 Å². The van der Waals surface area contributed by atoms with Gasteiger partial charge < -0.3 is 14.6 Å². The lowest BCUT2D eigenvalue weighted by atomic mass is 10.0. The summed E-state index contributed by atoms with van der Waals surface area (Å²) in [5.74, 6) is 1.18. The van der Waals surface area contributed by atoms with Crippen LogP contribution < -0.4 is 0 Å². The van der Waals surface area contributed by atoms with Crippen molar-refractivity contribution in [2.24, 2.45) is 0 Å². The van der Waals surface area contributed by atoms with Gasteiger partial charge in [-0.3, -0.25) is 0 Å². The number of imidazole rings is 1. The Kier molecular flexibility index (Phi) is 3.66. The lowest BCUT2D eigenvalue weighted by Crippen LogP contribution is -2.26. The van der Waals surface area contributed by atoms with Crippen LogP contribution in [-0.2, 0) is 12.8 Å². The number of aromatic nitrogens is 2. The molecule has 18 heavy (non-hydrogen) atoms. The van der Waals surface area contributed by atoms with Gasteiger partial charge in [0, 0.05) is 24.9 Å². The van der Waals surface area contributed by atoms with Crippen LogP contribution in [-0.4, -0.2) is 45.8 Å². The van der Waals surface area contributed by atoms with Crippen molar-refractivity contribution >= 4 is 0 Å². The van der Waals surface area contributed by atoms with E-state index in [1.54, 1.807) is 0 Å². The van der Waals surface area contributed by atoms with Gasteiger partial charge in [-0.05, 0) is 45.2 Å². The first-order chi connectivity index (χ1) is 8.88. The molecule has 100 valence electrons. The summed E-state index contributed by atoms with van der Waals surface area (Å²) < 4.78 is 2.31. The summed E-state index contributed by atoms with van der Waals surface area (Å²) in [6.45, 7) is 3.86. The van der Waals surface area contributed by atoms with Crippen LogP contribution >= 0.6 is 0 Å². The Morgan fingerprint density at radius 2 is 2.11 bits per heavy atom. The van der Waals surface area contributed by atoms with Crippen LogP contribution in [0, 0.1) is 0 Å². The van der Waals surface area contributed by atoms with Crippen LogP contribution in [0.4, 0.5) is 0 Å². The van der Waals surface area contributed by atoms with Crippen LogP contribution in [0.1, 0.15) is 43.2 Å². The van der Waals surface area contributed by atoms with Crippen LogP contribution in [0.25, 0.3) is 0 Å². The number of aryl methyl sites for hydroxylation is 1. The molecule has 0 spiro atoms. The largest absolute Gasteiger partial charge is 0.394 e. The molecule has 4 nitrogen and oxygen atoms in total. The van der Waals surface area contributed by atoms with Crippen molar-refractivity contribution in [2.75, 3.05) is 26.2 Å². The zero-order valence-electron chi connectivity index (χ0n) is 11.0. The lowest BCUT2D eigenvalue weighted by Gasteiger charge is -2.26. The summed E-state index contributed by atoms with van der Waals surface area (Å²) in [6.07, 6.45) is 9.13. The molecule has 0 amide bonds. The highest BCUT2D eigenvalue weighted by molar-refractivity contribution is 5.11. The van der Waals surface area contributed by atoms with E-state index in [2.05, 4.69) is 14.5 Å². The lowest BCUT2D eigenvalue weighted by molar-refractivity contribution is 0.203. The fraction of sp³-hybridized carbons (Fsp3) is 0.786. The van der Waals surface area contributed by atoms with Crippen molar-refractivity contribution in [3.05, 3.63) is 17.7 Å². The molecule has 3 rings (SSSR count). The van der Waals surface area contributed by atoms with Crippen LogP contribution in [0.5, 0.6) is 0 Å². The maximum atomic E-state index is 9.50. The topological polar surface area (TPSA) is 41.3 Å². The maximum absolute atomic E-state index is 9.50. The van der Waals surface area contributed by atoms with Gasteiger partial charge in [0.1, 0.15) is 5.82 Å². The molecule has 0 aromatic carbocycles. The number of hydrogen-bond acceptors (Lipinski definition) is 3. The number of hydrogen-bond donors (Lipinski definition) is 1. The molecule has 1 fully saturated rings. The maximum Gasteiger partial charge on any atom is 0.110 e. The average molecular weight is 249 g/mol. The van der Waals surface area contributed by atoms with Crippen molar-refractivity contribution in [3.63, 3.8) is 0 Å². The molecule has 0 bridgehead atoms. The van der Waals surface area contributed by atoms with Gasteiger partial charge in [0.15, 0.2) is 0 Å². The summed E-state index contributed by atoms with van der Waals surface area (Å²) in [6, 6.07) is 0.268. The molecule has 2 aliphatic heterocycles. The number of fused-ring (bicyclic) bond motifs is 1. The first-order valence-electron chi connectivity index (χ1n) is 7.26. The minimum absolute atomic E-state index is 0.250. The second-order valence-electron chi connectivity index (χ2n) is 5.56. The van der Waals surface area contributed by atoms with E-state index in [1.165, 1.54) is 43.9 Å². The normalized spacial score (nSPS) is 24.4. The van der Waals surface area contributed by atoms with E-state index < -0.39 is 0 Å². The van der Waals surface area contributed by atoms with Crippen molar-refractivity contribution in [2.45, 2.75) is 44.6 Å². The Morgan fingerprint density at radius 3 is 2.89 bits per heavy atom. The molecule has 1 N–H and O–H groups in total. The molecular formula is C14H23N3O. The molecule has 0 saturated carbocycles. The molecule has 1 atom stereocenters. The Bertz CT molecular complexity index is 396. The van der Waals surface area contributed by atoms with E-state index in [4.69, 9.17) is 0 Å². The molecule has 1 saturated heterocycles. The second-order valence-corrected chi connectivity index (χ2v) is 5.56. The van der Waals surface area contributed by atoms with Gasteiger partial charge in [0.2, 0.25) is 0 Å². The number of aliphatic hydroxyl groups excluding tert-OH is 1. The SMILES string of the molecule is OCC1CCCc2cnc(CCN3CCCC3)n21. The van der Waals surface area contributed by atoms with Gasteiger partial charge >= 0.3 is 0 Å². The standard InChI is InChI=1S/C14H23N3O/c18-11-13-5-3-4-12-10-15-14(17(12)13)6-9-16-7-1-2-8-16/h10,13,18H,1-9,11H2. The number of likely N-dealkylation sites (tertiary alicyclic amines) is 1. The highest BCUT2D eigenvalue weighted by Crippen LogP contribution is 2.26. The second kappa shape index (κ2) is 5.41. The van der Waals surface area contributed by atoms with Crippen molar-refractivity contribution in [1.82, 2.24) is 14.5 Å². The zero-order valence-corrected chi connectivity index (χ0v) is 11.0. The number of nitrogens with zero attached hydrogens (tertiary/aromatic N) is 3. The summed E-state index contributed by atoms with van der Waals surface area (Å²) in [5.41, 5.74) is 1.32. The quantitative estimate of drug-likeness (QED) is 0.877. The average Bonchev–Trinajstić information content (AvgIpc) is 3.05. The first kappa shape index (κ1) is 12.2. The molecule has 4 heteroatoms. The molecule has 1 aromatic rings. The van der Waals surface area contributed by atoms with E-state index in [-0.39, 0.29) is 12.6 Å². The summed E-state index contributed by atoms with van der Waals surface area (Å²) in [5, 5.41) is 9.50. The fourth-order valence-corrected chi connectivity index (χ4v) is 3.34. The molecule has 2 aliphatic rings. The minimum Gasteiger partial charge on any atom is -0.394 e. The van der Waals surface area contributed by atoms with E-state index >= 15 is 0 Å². The van der Waals surface area contributed by atoms with Crippen LogP contribution in [0.3, 0.4) is 0 Å². The number of aliphatic hydroxyl groups is 1. The van der Waals surface area contributed by atoms with Gasteiger partial charge in [-0.25, -0.2) is 4.98 Å². The van der Waals surface area contributed by atoms with E-state index in [9.17, 15) is 5.11 Å². The number of rotatable bonds is 4. The Morgan fingerprint density at radius 1 is 1.28 bits per heavy atom. The third-order valence-corrected chi connectivity index (χ3v) is 4.35. The van der Waals surface area contributed by atoms with Crippen molar-refractivity contribution in [3.8, 4) is 0 Å². The van der Waals surface area contributed by atoms with Crippen LogP contribution in [0.15, 0.2) is 6.20 Å². The highest BCUT2D eigenvalue weighted by Gasteiger charge is 2.23. The van der Waals surface area contributed by atoms with Gasteiger partial charge in [-0.15, -0.1) is 0 Å². The Hall–Kier alpha value is -0.870. The Labute approximate surface area is 109 Å². The minimum atomic E-state index is 0.250.